The van der Waals surface area contributed by atoms with Gasteiger partial charge in [0.25, 0.3) is 0 Å². The zero-order valence-corrected chi connectivity index (χ0v) is 14.5. The normalized spacial score (nSPS) is 17.3. The fourth-order valence-corrected chi connectivity index (χ4v) is 3.34. The third-order valence-electron chi connectivity index (χ3n) is 4.69. The fraction of sp³-hybridized carbons (Fsp3) is 0.333. The molecule has 3 aromatic rings. The van der Waals surface area contributed by atoms with Gasteiger partial charge >= 0.3 is 0 Å². The first-order chi connectivity index (χ1) is 13.1. The van der Waals surface area contributed by atoms with E-state index >= 15 is 0 Å². The lowest BCUT2D eigenvalue weighted by molar-refractivity contribution is -0.143. The summed E-state index contributed by atoms with van der Waals surface area (Å²) in [6, 6.07) is 3.77. The van der Waals surface area contributed by atoms with E-state index in [2.05, 4.69) is 25.3 Å². The van der Waals surface area contributed by atoms with Crippen molar-refractivity contribution in [3.05, 3.63) is 48.1 Å². The highest BCUT2D eigenvalue weighted by atomic mass is 19.1. The van der Waals surface area contributed by atoms with Gasteiger partial charge in [-0.3, -0.25) is 9.59 Å². The number of imidazole rings is 2. The number of halogens is 1. The third kappa shape index (κ3) is 3.67. The number of nitrogens with zero attached hydrogens (tertiary/aromatic N) is 3. The molecule has 1 aromatic carbocycles. The number of piperazine rings is 1. The number of carbonyl (C=O) groups is 2. The Morgan fingerprint density at radius 1 is 1.37 bits per heavy atom. The van der Waals surface area contributed by atoms with Crippen molar-refractivity contribution in [2.75, 3.05) is 13.1 Å². The molecule has 1 aliphatic heterocycles. The van der Waals surface area contributed by atoms with Gasteiger partial charge in [0.1, 0.15) is 17.7 Å². The van der Waals surface area contributed by atoms with Gasteiger partial charge in [-0.15, -0.1) is 0 Å². The number of hydrogen-bond donors (Lipinski definition) is 3. The molecule has 0 unspecified atom stereocenters. The van der Waals surface area contributed by atoms with Gasteiger partial charge in [-0.05, 0) is 18.2 Å². The van der Waals surface area contributed by atoms with Crippen LogP contribution in [-0.4, -0.2) is 55.8 Å². The molecule has 0 radical (unpaired) electrons. The van der Waals surface area contributed by atoms with Gasteiger partial charge in [-0.2, -0.15) is 0 Å². The van der Waals surface area contributed by atoms with Gasteiger partial charge in [0.2, 0.25) is 11.8 Å². The van der Waals surface area contributed by atoms with Crippen LogP contribution in [0.25, 0.3) is 11.0 Å². The highest BCUT2D eigenvalue weighted by Crippen LogP contribution is 2.16. The monoisotopic (exact) mass is 370 g/mol. The lowest BCUT2D eigenvalue weighted by Gasteiger charge is -2.35. The van der Waals surface area contributed by atoms with Gasteiger partial charge in [-0.25, -0.2) is 14.4 Å². The minimum absolute atomic E-state index is 0.110. The predicted octanol–water partition coefficient (Wildman–Crippen LogP) is 0.927. The molecule has 3 N–H and O–H groups in total. The van der Waals surface area contributed by atoms with Gasteiger partial charge < -0.3 is 20.2 Å². The van der Waals surface area contributed by atoms with Crippen LogP contribution in [0.5, 0.6) is 0 Å². The summed E-state index contributed by atoms with van der Waals surface area (Å²) in [5, 5.41) is 2.81. The van der Waals surface area contributed by atoms with Gasteiger partial charge in [0.15, 0.2) is 0 Å². The Morgan fingerprint density at radius 3 is 3.07 bits per heavy atom. The summed E-state index contributed by atoms with van der Waals surface area (Å²) in [5.41, 5.74) is 2.06. The number of H-pyrrole nitrogens is 2. The van der Waals surface area contributed by atoms with Crippen LogP contribution in [0.3, 0.4) is 0 Å². The van der Waals surface area contributed by atoms with Crippen LogP contribution in [0.15, 0.2) is 30.7 Å². The highest BCUT2D eigenvalue weighted by Gasteiger charge is 2.33. The number of amides is 2. The number of benzene rings is 1. The summed E-state index contributed by atoms with van der Waals surface area (Å²) in [7, 11) is 0. The minimum Gasteiger partial charge on any atom is -0.353 e. The van der Waals surface area contributed by atoms with Crippen LogP contribution in [0, 0.1) is 5.82 Å². The molecule has 1 saturated heterocycles. The van der Waals surface area contributed by atoms with Crippen LogP contribution in [0.4, 0.5) is 4.39 Å². The van der Waals surface area contributed by atoms with Gasteiger partial charge in [0.05, 0.1) is 17.4 Å². The molecule has 2 aromatic heterocycles. The summed E-state index contributed by atoms with van der Waals surface area (Å²) in [6.45, 7) is 0.905. The van der Waals surface area contributed by atoms with E-state index in [4.69, 9.17) is 0 Å². The van der Waals surface area contributed by atoms with Crippen molar-refractivity contribution in [3.63, 3.8) is 0 Å². The summed E-state index contributed by atoms with van der Waals surface area (Å²) >= 11 is 0. The Hall–Kier alpha value is -3.23. The second-order valence-corrected chi connectivity index (χ2v) is 6.52. The number of aromatic nitrogens is 4. The van der Waals surface area contributed by atoms with Crippen molar-refractivity contribution in [1.82, 2.24) is 30.2 Å². The molecular weight excluding hydrogens is 351 g/mol. The lowest BCUT2D eigenvalue weighted by Crippen LogP contribution is -2.58. The quantitative estimate of drug-likeness (QED) is 0.621. The van der Waals surface area contributed by atoms with E-state index in [1.54, 1.807) is 23.5 Å². The van der Waals surface area contributed by atoms with Crippen molar-refractivity contribution in [2.45, 2.75) is 25.3 Å². The molecule has 27 heavy (non-hydrogen) atoms. The topological polar surface area (TPSA) is 107 Å². The molecule has 3 heterocycles. The second kappa shape index (κ2) is 7.18. The highest BCUT2D eigenvalue weighted by molar-refractivity contribution is 5.89. The number of fused-ring (bicyclic) bond motifs is 1. The van der Waals surface area contributed by atoms with E-state index in [0.717, 1.165) is 5.69 Å². The van der Waals surface area contributed by atoms with Crippen LogP contribution in [0.1, 0.15) is 17.9 Å². The Bertz CT molecular complexity index is 968. The Morgan fingerprint density at radius 2 is 2.26 bits per heavy atom. The van der Waals surface area contributed by atoms with Crippen LogP contribution in [-0.2, 0) is 22.4 Å². The Labute approximate surface area is 154 Å². The fourth-order valence-electron chi connectivity index (χ4n) is 3.34. The third-order valence-corrected chi connectivity index (χ3v) is 4.69. The Kier molecular flexibility index (Phi) is 4.57. The molecule has 140 valence electrons. The van der Waals surface area contributed by atoms with Crippen molar-refractivity contribution in [3.8, 4) is 0 Å². The number of carbonyl (C=O) groups excluding carboxylic acids is 2. The van der Waals surface area contributed by atoms with Crippen molar-refractivity contribution < 1.29 is 14.0 Å². The standard InChI is InChI=1S/C18H19FN6O2/c19-11-1-2-13-14(7-11)24-16(23-13)3-4-17(26)25-6-5-21-18(27)15(25)8-12-9-20-10-22-12/h1-2,7,9-10,15H,3-6,8H2,(H,20,22)(H,21,27)(H,23,24)/t15-/m0/s1. The van der Waals surface area contributed by atoms with E-state index in [9.17, 15) is 14.0 Å². The molecule has 9 heteroatoms. The molecule has 1 fully saturated rings. The van der Waals surface area contributed by atoms with Gasteiger partial charge in [0, 0.05) is 44.2 Å². The number of nitrogens with one attached hydrogen (secondary N) is 3. The SMILES string of the molecule is O=C1NCCN(C(=O)CCc2nc3ccc(F)cc3[nH]2)[C@H]1Cc1cnc[nH]1. The molecule has 4 rings (SSSR count). The summed E-state index contributed by atoms with van der Waals surface area (Å²) in [6.07, 6.45) is 4.20. The van der Waals surface area contributed by atoms with Crippen molar-refractivity contribution in [2.24, 2.45) is 0 Å². The minimum atomic E-state index is -0.559. The summed E-state index contributed by atoms with van der Waals surface area (Å²) in [5.74, 6) is 0.00898. The van der Waals surface area contributed by atoms with Crippen molar-refractivity contribution in [1.29, 1.82) is 0 Å². The van der Waals surface area contributed by atoms with Crippen LogP contribution < -0.4 is 5.32 Å². The molecule has 0 saturated carbocycles. The zero-order valence-electron chi connectivity index (χ0n) is 14.5. The molecular formula is C18H19FN6O2. The smallest absolute Gasteiger partial charge is 0.243 e. The zero-order chi connectivity index (χ0) is 18.8. The summed E-state index contributed by atoms with van der Waals surface area (Å²) in [4.78, 5) is 41.0. The van der Waals surface area contributed by atoms with E-state index in [1.807, 2.05) is 0 Å². The number of hydrogen-bond acceptors (Lipinski definition) is 4. The molecule has 1 aliphatic rings. The number of aryl methyl sites for hydroxylation is 1. The van der Waals surface area contributed by atoms with E-state index in [0.29, 0.717) is 42.8 Å². The maximum absolute atomic E-state index is 13.3. The van der Waals surface area contributed by atoms with Gasteiger partial charge in [-0.1, -0.05) is 0 Å². The van der Waals surface area contributed by atoms with Crippen molar-refractivity contribution >= 4 is 22.8 Å². The molecule has 0 spiro atoms. The van der Waals surface area contributed by atoms with E-state index in [1.165, 1.54) is 12.1 Å². The molecule has 1 atom stereocenters. The van der Waals surface area contributed by atoms with Crippen LogP contribution in [0.2, 0.25) is 0 Å². The summed E-state index contributed by atoms with van der Waals surface area (Å²) < 4.78 is 13.3. The molecule has 0 bridgehead atoms. The maximum Gasteiger partial charge on any atom is 0.243 e. The number of aromatic amines is 2. The first kappa shape index (κ1) is 17.2. The predicted molar refractivity (Wildman–Crippen MR) is 95.2 cm³/mol. The lowest BCUT2D eigenvalue weighted by atomic mass is 10.1. The first-order valence-electron chi connectivity index (χ1n) is 8.79. The molecule has 0 aliphatic carbocycles. The molecule has 8 nitrogen and oxygen atoms in total. The average Bonchev–Trinajstić information content (AvgIpc) is 3.30. The van der Waals surface area contributed by atoms with E-state index < -0.39 is 6.04 Å². The van der Waals surface area contributed by atoms with E-state index in [-0.39, 0.29) is 24.1 Å². The van der Waals surface area contributed by atoms with Crippen LogP contribution >= 0.6 is 0 Å². The molecule has 2 amide bonds. The largest absolute Gasteiger partial charge is 0.353 e. The second-order valence-electron chi connectivity index (χ2n) is 6.52. The Balaban J connectivity index is 1.44. The maximum atomic E-state index is 13.3. The first-order valence-corrected chi connectivity index (χ1v) is 8.79. The number of rotatable bonds is 5. The average molecular weight is 370 g/mol.